The van der Waals surface area contributed by atoms with Crippen LogP contribution >= 0.6 is 7.82 Å². The Hall–Kier alpha value is -9.80. The molecule has 0 bridgehead atoms. The number of Topliss-reactive ketones (excluding diaryl/α,β-unsaturated/α-hetero) is 1. The minimum atomic E-state index is -5.26. The minimum Gasteiger partial charge on any atom is -0.459 e. The highest BCUT2D eigenvalue weighted by molar-refractivity contribution is 7.47. The second kappa shape index (κ2) is 45.0. The van der Waals surface area contributed by atoms with Crippen molar-refractivity contribution < 1.29 is 114 Å². The normalized spacial score (nSPS) is 21.6. The largest absolute Gasteiger partial charge is 0.472 e. The molecule has 2 aliphatic rings. The van der Waals surface area contributed by atoms with Gasteiger partial charge in [-0.25, -0.2) is 18.9 Å². The van der Waals surface area contributed by atoms with Crippen molar-refractivity contribution in [1.29, 1.82) is 0 Å². The highest BCUT2D eigenvalue weighted by Crippen LogP contribution is 2.48. The first-order chi connectivity index (χ1) is 52.5. The minimum absolute atomic E-state index is 0.0114. The van der Waals surface area contributed by atoms with Gasteiger partial charge >= 0.3 is 31.8 Å². The maximum atomic E-state index is 15.6. The number of benzene rings is 2. The number of hydrogen-bond acceptors (Lipinski definition) is 23. The van der Waals surface area contributed by atoms with Crippen LogP contribution in [0.5, 0.6) is 0 Å². The number of ether oxygens (including phenoxy) is 5. The van der Waals surface area contributed by atoms with E-state index in [9.17, 15) is 71.8 Å². The summed E-state index contributed by atoms with van der Waals surface area (Å²) in [6.45, 7) is 21.0. The summed E-state index contributed by atoms with van der Waals surface area (Å²) in [5.41, 5.74) is 5.86. The lowest BCUT2D eigenvalue weighted by Gasteiger charge is -2.38. The molecular weight excluding hydrogens is 1480 g/mol. The second-order valence-electron chi connectivity index (χ2n) is 28.7. The maximum absolute atomic E-state index is 15.6. The van der Waals surface area contributed by atoms with Gasteiger partial charge in [-0.15, -0.1) is 0 Å². The highest BCUT2D eigenvalue weighted by Gasteiger charge is 2.48. The fourth-order valence-corrected chi connectivity index (χ4v) is 13.2. The van der Waals surface area contributed by atoms with E-state index >= 15 is 9.59 Å². The van der Waals surface area contributed by atoms with Crippen LogP contribution in [0, 0.1) is 29.6 Å². The summed E-state index contributed by atoms with van der Waals surface area (Å²) in [5.74, 6) is -16.2. The molecule has 1 fully saturated rings. The molecule has 12 amide bonds. The molecule has 36 heteroatoms. The lowest BCUT2D eigenvalue weighted by atomic mass is 9.88. The summed E-state index contributed by atoms with van der Waals surface area (Å²) in [6, 6.07) is 4.49. The number of hydrogen-bond donors (Lipinski definition) is 8. The van der Waals surface area contributed by atoms with Crippen molar-refractivity contribution in [3.05, 3.63) is 90.2 Å². The fourth-order valence-electron chi connectivity index (χ4n) is 12.1. The summed E-state index contributed by atoms with van der Waals surface area (Å²) < 4.78 is 54.5. The first-order valence-electron chi connectivity index (χ1n) is 37.1. The van der Waals surface area contributed by atoms with Crippen molar-refractivity contribution >= 4 is 102 Å². The Balaban J connectivity index is 1.65. The molecule has 0 aromatic heterocycles. The lowest BCUT2D eigenvalue weighted by molar-refractivity contribution is -0.175. The van der Waals surface area contributed by atoms with E-state index in [1.54, 1.807) is 30.3 Å². The third kappa shape index (κ3) is 29.1. The number of rotatable bonds is 36. The van der Waals surface area contributed by atoms with Gasteiger partial charge < -0.3 is 80.9 Å². The van der Waals surface area contributed by atoms with Crippen molar-refractivity contribution in [2.24, 2.45) is 35.3 Å². The van der Waals surface area contributed by atoms with Gasteiger partial charge in [0.05, 0.1) is 44.5 Å². The van der Waals surface area contributed by atoms with Gasteiger partial charge in [0.15, 0.2) is 18.2 Å². The van der Waals surface area contributed by atoms with Crippen LogP contribution in [0.2, 0.25) is 0 Å². The smallest absolute Gasteiger partial charge is 0.459 e. The molecule has 112 heavy (non-hydrogen) atoms. The van der Waals surface area contributed by atoms with Gasteiger partial charge in [0, 0.05) is 97.2 Å². The van der Waals surface area contributed by atoms with Gasteiger partial charge in [-0.3, -0.25) is 71.5 Å². The number of nitrogens with one attached hydrogen (secondary N) is 6. The Morgan fingerprint density at radius 3 is 1.96 bits per heavy atom. The van der Waals surface area contributed by atoms with Crippen LogP contribution in [0.15, 0.2) is 79.0 Å². The summed E-state index contributed by atoms with van der Waals surface area (Å²) in [6.07, 6.45) is -5.54. The van der Waals surface area contributed by atoms with Crippen LogP contribution in [-0.2, 0) is 117 Å². The van der Waals surface area contributed by atoms with E-state index < -0.39 is 194 Å². The molecule has 620 valence electrons. The number of amides is 12. The Morgan fingerprint density at radius 2 is 1.39 bits per heavy atom. The first kappa shape index (κ1) is 94.6. The fraction of sp³-hybridized carbons (Fsp3) is 0.592. The zero-order chi connectivity index (χ0) is 84.2. The number of ketones is 1. The van der Waals surface area contributed by atoms with Gasteiger partial charge in [0.1, 0.15) is 41.8 Å². The molecule has 9 N–H and O–H groups in total. The Labute approximate surface area is 653 Å². The molecule has 2 heterocycles. The monoisotopic (exact) mass is 1590 g/mol. The van der Waals surface area contributed by atoms with Crippen molar-refractivity contribution in [3.63, 3.8) is 0 Å². The number of anilines is 1. The molecule has 0 saturated carbocycles. The molecular formula is C76H112N11O24P. The van der Waals surface area contributed by atoms with E-state index in [1.807, 2.05) is 13.8 Å². The van der Waals surface area contributed by atoms with Crippen LogP contribution in [0.1, 0.15) is 139 Å². The van der Waals surface area contributed by atoms with Gasteiger partial charge in [0.2, 0.25) is 35.4 Å². The number of carbonyl (C=O) groups is 15. The predicted molar refractivity (Wildman–Crippen MR) is 405 cm³/mol. The first-order valence-corrected chi connectivity index (χ1v) is 38.6. The molecule has 0 aliphatic carbocycles. The van der Waals surface area contributed by atoms with E-state index in [0.29, 0.717) is 42.5 Å². The van der Waals surface area contributed by atoms with Crippen molar-refractivity contribution in [2.75, 3.05) is 59.9 Å². The lowest BCUT2D eigenvalue weighted by Crippen LogP contribution is -2.63. The quantitative estimate of drug-likeness (QED) is 0.0121. The average molecular weight is 1590 g/mol. The number of methoxy groups -OCH3 is 1. The van der Waals surface area contributed by atoms with E-state index in [4.69, 9.17) is 38.5 Å². The predicted octanol–water partition coefficient (Wildman–Crippen LogP) is 3.43. The number of likely N-dealkylation sites (N-methyl/N-ethyl adjacent to an activating group) is 3. The number of cyclic esters (lactones) is 2. The molecule has 0 spiro atoms. The SMILES string of the molecule is C=C1C(=O)N[C@@H](C)C(=O)N(C)[C@@H](C)C(=O)N[C@@H]([C@H](OC(=O)[C@@H](CC(=O)CC)[C@H](OP(=O)(O)OCc2ccc(NC(=O)[C@H](CCCNC(N)=O)CC[C@@H](NC(=O)CCOCCN3C(=O)C=CC3=O)C(C)C)cc2)C(C)C)C(C)C)C(=O)N(C)[C@@H]([C@@H](C)OC)C(=O)O[C@H](C)[C@H](NC(C)=O)C(=O)O[C@H](Cc2ccccc2)C(=O)N1C. The third-order valence-corrected chi connectivity index (χ3v) is 20.1. The summed E-state index contributed by atoms with van der Waals surface area (Å²) in [7, 11) is -0.572. The zero-order valence-corrected chi connectivity index (χ0v) is 67.5. The van der Waals surface area contributed by atoms with Crippen molar-refractivity contribution in [2.45, 2.75) is 208 Å². The number of imide groups is 1. The molecule has 1 saturated heterocycles. The molecule has 35 nitrogen and oxygen atoms in total. The Kier molecular flexibility index (Phi) is 38.0. The van der Waals surface area contributed by atoms with Crippen molar-refractivity contribution in [3.8, 4) is 0 Å². The molecule has 2 aliphatic heterocycles. The van der Waals surface area contributed by atoms with E-state index in [-0.39, 0.29) is 63.4 Å². The third-order valence-electron chi connectivity index (χ3n) is 19.1. The maximum Gasteiger partial charge on any atom is 0.472 e. The zero-order valence-electron chi connectivity index (χ0n) is 66.6. The standard InChI is InChI=1S/C76H112N11O24P/c1-18-55(89)40-56(65(43(4)5)111-112(103,104)107-41-52-26-29-54(30-27-52)81-69(95)53(25-22-35-78-76(77)102)28-31-57(42(2)3)82-59(90)34-37-106-38-36-87-60(91)32-33-61(87)92)73(99)110-66(44(6)7)63-72(98)86(16)64(49(12)105-17)75(101)108-48(11)62(80-50(13)88)74(100)109-58(39-51-23-20-19-21-24-51)71(97)85(15)46(9)67(93)79-45(8)70(96)84(14)47(10)68(94)83-63/h19-21,23-24,26-27,29-30,32-33,42-45,47-49,53,56-58,62-66H,9,18,22,25,28,31,34-41H2,1-8,10-17H3,(H,79,93)(H,80,88)(H,81,95)(H,82,90)(H,83,94)(H,103,104)(H3,77,78,102)/t45-,47-,48+,49+,53+,56-,57+,58+,62-,63-,64-,65+,66+/m0/s1. The number of esters is 3. The molecule has 2 aromatic carbocycles. The van der Waals surface area contributed by atoms with Crippen LogP contribution in [0.3, 0.4) is 0 Å². The number of carbonyl (C=O) groups excluding carboxylic acids is 15. The number of phosphoric acid groups is 1. The number of primary amides is 1. The van der Waals surface area contributed by atoms with Crippen molar-refractivity contribution in [1.82, 2.24) is 46.2 Å². The molecule has 4 rings (SSSR count). The van der Waals surface area contributed by atoms with Gasteiger partial charge in [-0.1, -0.05) is 97.5 Å². The van der Waals surface area contributed by atoms with E-state index in [0.717, 1.165) is 40.6 Å². The highest BCUT2D eigenvalue weighted by atomic mass is 31.2. The molecule has 2 aromatic rings. The summed E-state index contributed by atoms with van der Waals surface area (Å²) >= 11 is 0. The molecule has 1 unspecified atom stereocenters. The van der Waals surface area contributed by atoms with Crippen LogP contribution in [-0.4, -0.2) is 235 Å². The van der Waals surface area contributed by atoms with E-state index in [1.165, 1.54) is 113 Å². The second-order valence-corrected chi connectivity index (χ2v) is 30.1. The van der Waals surface area contributed by atoms with Crippen LogP contribution in [0.4, 0.5) is 10.5 Å². The van der Waals surface area contributed by atoms with Crippen LogP contribution < -0.4 is 37.6 Å². The Morgan fingerprint density at radius 1 is 0.759 bits per heavy atom. The van der Waals surface area contributed by atoms with Gasteiger partial charge in [0.25, 0.3) is 23.6 Å². The summed E-state index contributed by atoms with van der Waals surface area (Å²) in [4.78, 5) is 221. The topological polar surface area (TPSA) is 469 Å². The molecule has 0 radical (unpaired) electrons. The Bertz CT molecular complexity index is 3730. The van der Waals surface area contributed by atoms with Gasteiger partial charge in [-0.05, 0) is 94.4 Å². The number of phosphoric ester groups is 1. The van der Waals surface area contributed by atoms with E-state index in [2.05, 4.69) is 38.5 Å². The average Bonchev–Trinajstić information content (AvgIpc) is 1.17. The number of nitrogens with two attached hydrogens (primary N) is 1. The summed E-state index contributed by atoms with van der Waals surface area (Å²) in [5, 5.41) is 15.8. The number of urea groups is 1. The van der Waals surface area contributed by atoms with Crippen LogP contribution in [0.25, 0.3) is 0 Å². The van der Waals surface area contributed by atoms with Gasteiger partial charge in [-0.2, -0.15) is 0 Å². The number of nitrogens with zero attached hydrogens (tertiary/aromatic N) is 4. The molecule has 14 atom stereocenters.